The molecule has 2 atom stereocenters. The lowest BCUT2D eigenvalue weighted by molar-refractivity contribution is 0.414. The Balaban J connectivity index is 1.78. The van der Waals surface area contributed by atoms with Crippen LogP contribution in [0.4, 0.5) is 5.69 Å². The number of benzene rings is 3. The molecule has 28 heavy (non-hydrogen) atoms. The summed E-state index contributed by atoms with van der Waals surface area (Å²) in [6, 6.07) is 25.4. The van der Waals surface area contributed by atoms with E-state index in [2.05, 4.69) is 111 Å². The van der Waals surface area contributed by atoms with Gasteiger partial charge >= 0.3 is 0 Å². The van der Waals surface area contributed by atoms with E-state index in [0.29, 0.717) is 0 Å². The Hall–Kier alpha value is -1.86. The number of anilines is 1. The van der Waals surface area contributed by atoms with Gasteiger partial charge < -0.3 is 9.64 Å². The Labute approximate surface area is 187 Å². The summed E-state index contributed by atoms with van der Waals surface area (Å²) in [5.74, 6) is 0.854. The molecular formula is C23H20BrIN2O. The zero-order valence-corrected chi connectivity index (χ0v) is 19.4. The first-order chi connectivity index (χ1) is 13.6. The maximum absolute atomic E-state index is 5.32. The average molecular weight is 547 g/mol. The summed E-state index contributed by atoms with van der Waals surface area (Å²) in [7, 11) is 1.69. The fourth-order valence-corrected chi connectivity index (χ4v) is 4.19. The summed E-state index contributed by atoms with van der Waals surface area (Å²) < 4.78 is 7.62. The fourth-order valence-electron chi connectivity index (χ4n) is 3.57. The van der Waals surface area contributed by atoms with Gasteiger partial charge in [-0.05, 0) is 89.2 Å². The van der Waals surface area contributed by atoms with Crippen LogP contribution in [-0.4, -0.2) is 18.9 Å². The molecule has 0 amide bonds. The van der Waals surface area contributed by atoms with E-state index in [-0.39, 0.29) is 12.2 Å². The standard InChI is InChI=1S/C23H20BrIN2O/c1-15-22(16-3-7-18(24)8-4-16)26-23(17-5-13-21(28-2)14-6-17)27(15)20-11-9-19(25)10-12-20/h3-15,23H,1-2H3. The van der Waals surface area contributed by atoms with E-state index in [1.165, 1.54) is 9.26 Å². The molecule has 0 saturated heterocycles. The maximum Gasteiger partial charge on any atom is 0.148 e. The minimum atomic E-state index is -0.0698. The molecule has 1 heterocycles. The highest BCUT2D eigenvalue weighted by atomic mass is 127. The molecule has 0 aromatic heterocycles. The van der Waals surface area contributed by atoms with Gasteiger partial charge in [-0.15, -0.1) is 0 Å². The first-order valence-corrected chi connectivity index (χ1v) is 11.0. The summed E-state index contributed by atoms with van der Waals surface area (Å²) in [5.41, 5.74) is 4.58. The van der Waals surface area contributed by atoms with Crippen LogP contribution in [-0.2, 0) is 0 Å². The Morgan fingerprint density at radius 1 is 0.929 bits per heavy atom. The lowest BCUT2D eigenvalue weighted by Gasteiger charge is -2.30. The summed E-state index contributed by atoms with van der Waals surface area (Å²) >= 11 is 5.86. The number of hydrogen-bond donors (Lipinski definition) is 0. The fraction of sp³-hybridized carbons (Fsp3) is 0.174. The quantitative estimate of drug-likeness (QED) is 0.351. The summed E-state index contributed by atoms with van der Waals surface area (Å²) in [6.07, 6.45) is -0.0698. The molecule has 3 aromatic rings. The number of nitrogens with zero attached hydrogens (tertiary/aromatic N) is 2. The molecule has 0 N–H and O–H groups in total. The van der Waals surface area contributed by atoms with E-state index >= 15 is 0 Å². The van der Waals surface area contributed by atoms with Crippen molar-refractivity contribution in [2.45, 2.75) is 19.1 Å². The van der Waals surface area contributed by atoms with Gasteiger partial charge in [-0.25, -0.2) is 0 Å². The van der Waals surface area contributed by atoms with Gasteiger partial charge in [0.25, 0.3) is 0 Å². The largest absolute Gasteiger partial charge is 0.497 e. The lowest BCUT2D eigenvalue weighted by Crippen LogP contribution is -2.35. The minimum Gasteiger partial charge on any atom is -0.497 e. The average Bonchev–Trinajstić information content (AvgIpc) is 3.06. The molecular weight excluding hydrogens is 527 g/mol. The van der Waals surface area contributed by atoms with Crippen molar-refractivity contribution in [2.24, 2.45) is 4.99 Å². The van der Waals surface area contributed by atoms with Crippen LogP contribution in [0.5, 0.6) is 5.75 Å². The van der Waals surface area contributed by atoms with Crippen molar-refractivity contribution in [1.82, 2.24) is 0 Å². The van der Waals surface area contributed by atoms with E-state index in [0.717, 1.165) is 27.1 Å². The van der Waals surface area contributed by atoms with Crippen molar-refractivity contribution in [3.8, 4) is 5.75 Å². The third-order valence-electron chi connectivity index (χ3n) is 5.02. The highest BCUT2D eigenvalue weighted by Crippen LogP contribution is 2.38. The highest BCUT2D eigenvalue weighted by Gasteiger charge is 2.35. The van der Waals surface area contributed by atoms with Crippen LogP contribution >= 0.6 is 38.5 Å². The zero-order chi connectivity index (χ0) is 19.7. The highest BCUT2D eigenvalue weighted by molar-refractivity contribution is 14.1. The summed E-state index contributed by atoms with van der Waals surface area (Å²) in [4.78, 5) is 7.54. The smallest absolute Gasteiger partial charge is 0.148 e. The predicted molar refractivity (Wildman–Crippen MR) is 128 cm³/mol. The van der Waals surface area contributed by atoms with E-state index < -0.39 is 0 Å². The number of halogens is 2. The van der Waals surface area contributed by atoms with Crippen LogP contribution in [0.15, 0.2) is 82.3 Å². The molecule has 3 aromatic carbocycles. The third kappa shape index (κ3) is 3.82. The molecule has 0 aliphatic carbocycles. The van der Waals surface area contributed by atoms with Crippen molar-refractivity contribution in [3.05, 3.63) is 92.0 Å². The lowest BCUT2D eigenvalue weighted by atomic mass is 10.0. The summed E-state index contributed by atoms with van der Waals surface area (Å²) in [6.45, 7) is 2.22. The van der Waals surface area contributed by atoms with E-state index in [4.69, 9.17) is 9.73 Å². The second-order valence-corrected chi connectivity index (χ2v) is 8.89. The zero-order valence-electron chi connectivity index (χ0n) is 15.6. The van der Waals surface area contributed by atoms with Gasteiger partial charge in [-0.2, -0.15) is 0 Å². The maximum atomic E-state index is 5.32. The molecule has 0 saturated carbocycles. The Morgan fingerprint density at radius 3 is 2.18 bits per heavy atom. The van der Waals surface area contributed by atoms with Gasteiger partial charge in [0.1, 0.15) is 11.9 Å². The van der Waals surface area contributed by atoms with Crippen LogP contribution < -0.4 is 9.64 Å². The van der Waals surface area contributed by atoms with Crippen molar-refractivity contribution in [3.63, 3.8) is 0 Å². The van der Waals surface area contributed by atoms with E-state index in [1.54, 1.807) is 7.11 Å². The monoisotopic (exact) mass is 546 g/mol. The van der Waals surface area contributed by atoms with Crippen LogP contribution in [0, 0.1) is 3.57 Å². The van der Waals surface area contributed by atoms with Gasteiger partial charge in [0.05, 0.1) is 18.9 Å². The first-order valence-electron chi connectivity index (χ1n) is 9.08. The van der Waals surface area contributed by atoms with E-state index in [9.17, 15) is 0 Å². The van der Waals surface area contributed by atoms with Crippen molar-refractivity contribution in [2.75, 3.05) is 12.0 Å². The van der Waals surface area contributed by atoms with Gasteiger partial charge in [-0.3, -0.25) is 4.99 Å². The third-order valence-corrected chi connectivity index (χ3v) is 6.26. The molecule has 0 spiro atoms. The first kappa shape index (κ1) is 19.5. The minimum absolute atomic E-state index is 0.0698. The van der Waals surface area contributed by atoms with Crippen molar-refractivity contribution in [1.29, 1.82) is 0 Å². The normalized spacial score (nSPS) is 18.9. The van der Waals surface area contributed by atoms with Crippen LogP contribution in [0.1, 0.15) is 24.2 Å². The molecule has 5 heteroatoms. The predicted octanol–water partition coefficient (Wildman–Crippen LogP) is 6.46. The molecule has 0 radical (unpaired) electrons. The Bertz CT molecular complexity index is 985. The number of ether oxygens (including phenoxy) is 1. The molecule has 3 nitrogen and oxygen atoms in total. The Kier molecular flexibility index (Phi) is 5.73. The number of rotatable bonds is 4. The van der Waals surface area contributed by atoms with Gasteiger partial charge in [0.15, 0.2) is 0 Å². The van der Waals surface area contributed by atoms with Gasteiger partial charge in [0, 0.05) is 13.7 Å². The second-order valence-electron chi connectivity index (χ2n) is 6.73. The number of hydrogen-bond acceptors (Lipinski definition) is 3. The van der Waals surface area contributed by atoms with Crippen LogP contribution in [0.25, 0.3) is 0 Å². The number of methoxy groups -OCH3 is 1. The molecule has 0 bridgehead atoms. The van der Waals surface area contributed by atoms with Gasteiger partial charge in [-0.1, -0.05) is 40.2 Å². The van der Waals surface area contributed by atoms with Crippen LogP contribution in [0.2, 0.25) is 0 Å². The number of aliphatic imine (C=N–C) groups is 1. The molecule has 4 rings (SSSR count). The van der Waals surface area contributed by atoms with Crippen molar-refractivity contribution >= 4 is 49.9 Å². The SMILES string of the molecule is COc1ccc(C2N=C(c3ccc(Br)cc3)C(C)N2c2ccc(I)cc2)cc1. The molecule has 1 aliphatic rings. The molecule has 142 valence electrons. The molecule has 2 unspecified atom stereocenters. The molecule has 0 fully saturated rings. The molecule has 1 aliphatic heterocycles. The Morgan fingerprint density at radius 2 is 1.57 bits per heavy atom. The van der Waals surface area contributed by atoms with Crippen molar-refractivity contribution < 1.29 is 4.74 Å². The van der Waals surface area contributed by atoms with Crippen LogP contribution in [0.3, 0.4) is 0 Å². The van der Waals surface area contributed by atoms with E-state index in [1.807, 2.05) is 12.1 Å². The summed E-state index contributed by atoms with van der Waals surface area (Å²) in [5, 5.41) is 0. The van der Waals surface area contributed by atoms with Gasteiger partial charge in [0.2, 0.25) is 0 Å². The second kappa shape index (κ2) is 8.25. The topological polar surface area (TPSA) is 24.8 Å².